The number of aromatic carboxylic acids is 1. The molecule has 0 saturated heterocycles. The van der Waals surface area contributed by atoms with Gasteiger partial charge in [0.1, 0.15) is 4.88 Å². The molecule has 0 spiro atoms. The second-order valence-corrected chi connectivity index (χ2v) is 9.13. The number of thiophene rings is 1. The molecule has 0 radical (unpaired) electrons. The van der Waals surface area contributed by atoms with Crippen LogP contribution < -0.4 is 0 Å². The second kappa shape index (κ2) is 8.09. The average molecular weight is 383 g/mol. The van der Waals surface area contributed by atoms with Crippen LogP contribution in [0.3, 0.4) is 0 Å². The monoisotopic (exact) mass is 382 g/mol. The van der Waals surface area contributed by atoms with E-state index < -0.39 is 16.0 Å². The first-order valence-corrected chi connectivity index (χ1v) is 10.00. The molecule has 0 saturated carbocycles. The number of hydrogen-bond acceptors (Lipinski definition) is 5. The first-order valence-electron chi connectivity index (χ1n) is 7.74. The molecule has 0 aliphatic carbocycles. The van der Waals surface area contributed by atoms with Crippen LogP contribution in [0.1, 0.15) is 20.1 Å². The minimum Gasteiger partial charge on any atom is -0.477 e. The van der Waals surface area contributed by atoms with E-state index in [0.29, 0.717) is 18.0 Å². The SMILES string of the molecule is Cc1sc(C(=O)O)cc1S(=O)(=O)N(CCN(C)C)Cc1ccccc1. The minimum atomic E-state index is -3.78. The summed E-state index contributed by atoms with van der Waals surface area (Å²) in [4.78, 5) is 13.7. The summed E-state index contributed by atoms with van der Waals surface area (Å²) in [5.74, 6) is -1.11. The van der Waals surface area contributed by atoms with Crippen molar-refractivity contribution in [3.63, 3.8) is 0 Å². The van der Waals surface area contributed by atoms with E-state index in [0.717, 1.165) is 16.9 Å². The molecule has 0 atom stereocenters. The summed E-state index contributed by atoms with van der Waals surface area (Å²) in [5.41, 5.74) is 0.885. The van der Waals surface area contributed by atoms with Crippen molar-refractivity contribution in [1.29, 1.82) is 0 Å². The number of carboxylic acid groups (broad SMARTS) is 1. The number of likely N-dealkylation sites (N-methyl/N-ethyl adjacent to an activating group) is 1. The van der Waals surface area contributed by atoms with Crippen molar-refractivity contribution in [3.8, 4) is 0 Å². The van der Waals surface area contributed by atoms with E-state index in [1.807, 2.05) is 49.3 Å². The van der Waals surface area contributed by atoms with Crippen molar-refractivity contribution in [2.75, 3.05) is 27.2 Å². The molecule has 2 aromatic rings. The van der Waals surface area contributed by atoms with Crippen LogP contribution in [0.4, 0.5) is 0 Å². The Hall–Kier alpha value is -1.74. The first kappa shape index (κ1) is 19.6. The van der Waals surface area contributed by atoms with Gasteiger partial charge in [-0.05, 0) is 32.6 Å². The van der Waals surface area contributed by atoms with E-state index in [-0.39, 0.29) is 16.3 Å². The van der Waals surface area contributed by atoms with E-state index in [9.17, 15) is 13.2 Å². The Bertz CT molecular complexity index is 830. The summed E-state index contributed by atoms with van der Waals surface area (Å²) in [5, 5.41) is 9.13. The van der Waals surface area contributed by atoms with Crippen LogP contribution in [0.2, 0.25) is 0 Å². The van der Waals surface area contributed by atoms with Crippen molar-refractivity contribution in [3.05, 3.63) is 51.7 Å². The number of nitrogens with zero attached hydrogens (tertiary/aromatic N) is 2. The molecule has 2 rings (SSSR count). The predicted octanol–water partition coefficient (Wildman–Crippen LogP) is 2.51. The zero-order valence-electron chi connectivity index (χ0n) is 14.5. The lowest BCUT2D eigenvalue weighted by molar-refractivity contribution is 0.0702. The molecule has 0 aliphatic heterocycles. The van der Waals surface area contributed by atoms with Gasteiger partial charge in [-0.25, -0.2) is 13.2 Å². The standard InChI is InChI=1S/C17H22N2O4S2/c1-13-16(11-15(24-13)17(20)21)25(22,23)19(10-9-18(2)3)12-14-7-5-4-6-8-14/h4-8,11H,9-10,12H2,1-3H3,(H,20,21). The summed E-state index contributed by atoms with van der Waals surface area (Å²) in [7, 11) is -0.0232. The van der Waals surface area contributed by atoms with Crippen LogP contribution in [0.15, 0.2) is 41.3 Å². The maximum absolute atomic E-state index is 13.1. The Morgan fingerprint density at radius 1 is 1.16 bits per heavy atom. The highest BCUT2D eigenvalue weighted by Crippen LogP contribution is 2.29. The van der Waals surface area contributed by atoms with Crippen LogP contribution in [-0.4, -0.2) is 55.9 Å². The third kappa shape index (κ3) is 4.88. The average Bonchev–Trinajstić information content (AvgIpc) is 2.95. The summed E-state index contributed by atoms with van der Waals surface area (Å²) in [6, 6.07) is 10.6. The van der Waals surface area contributed by atoms with Gasteiger partial charge in [0, 0.05) is 24.5 Å². The number of sulfonamides is 1. The predicted molar refractivity (Wildman–Crippen MR) is 98.6 cm³/mol. The van der Waals surface area contributed by atoms with Crippen molar-refractivity contribution in [2.24, 2.45) is 0 Å². The molecule has 0 bridgehead atoms. The minimum absolute atomic E-state index is 0.0309. The van der Waals surface area contributed by atoms with Gasteiger partial charge in [0.25, 0.3) is 0 Å². The van der Waals surface area contributed by atoms with Gasteiger partial charge in [-0.15, -0.1) is 11.3 Å². The summed E-state index contributed by atoms with van der Waals surface area (Å²) < 4.78 is 27.7. The van der Waals surface area contributed by atoms with E-state index in [1.165, 1.54) is 10.4 Å². The van der Waals surface area contributed by atoms with Gasteiger partial charge in [0.15, 0.2) is 0 Å². The lowest BCUT2D eigenvalue weighted by Crippen LogP contribution is -2.36. The van der Waals surface area contributed by atoms with Crippen LogP contribution in [0.25, 0.3) is 0 Å². The highest BCUT2D eigenvalue weighted by Gasteiger charge is 2.29. The second-order valence-electron chi connectivity index (χ2n) is 5.96. The number of carbonyl (C=O) groups is 1. The molecule has 1 N–H and O–H groups in total. The van der Waals surface area contributed by atoms with E-state index in [1.54, 1.807) is 6.92 Å². The van der Waals surface area contributed by atoms with Crippen molar-refractivity contribution in [2.45, 2.75) is 18.4 Å². The zero-order valence-corrected chi connectivity index (χ0v) is 16.1. The largest absolute Gasteiger partial charge is 0.477 e. The summed E-state index contributed by atoms with van der Waals surface area (Å²) >= 11 is 0.982. The molecule has 0 aliphatic rings. The van der Waals surface area contributed by atoms with Gasteiger partial charge in [0.05, 0.1) is 4.90 Å². The third-order valence-electron chi connectivity index (χ3n) is 3.70. The lowest BCUT2D eigenvalue weighted by Gasteiger charge is -2.24. The van der Waals surface area contributed by atoms with Crippen molar-refractivity contribution < 1.29 is 18.3 Å². The fourth-order valence-corrected chi connectivity index (χ4v) is 5.17. The Balaban J connectivity index is 2.38. The topological polar surface area (TPSA) is 77.9 Å². The molecular formula is C17H22N2O4S2. The maximum Gasteiger partial charge on any atom is 0.345 e. The van der Waals surface area contributed by atoms with Gasteiger partial charge in [-0.2, -0.15) is 4.31 Å². The highest BCUT2D eigenvalue weighted by molar-refractivity contribution is 7.89. The number of carboxylic acids is 1. The maximum atomic E-state index is 13.1. The Kier molecular flexibility index (Phi) is 6.34. The number of rotatable bonds is 8. The van der Waals surface area contributed by atoms with Crippen molar-refractivity contribution in [1.82, 2.24) is 9.21 Å². The Labute approximate surface area is 152 Å². The number of aryl methyl sites for hydroxylation is 1. The molecule has 1 heterocycles. The third-order valence-corrected chi connectivity index (χ3v) is 6.84. The zero-order chi connectivity index (χ0) is 18.6. The number of hydrogen-bond donors (Lipinski definition) is 1. The normalized spacial score (nSPS) is 12.0. The van der Waals surface area contributed by atoms with E-state index >= 15 is 0 Å². The molecule has 1 aromatic carbocycles. The smallest absolute Gasteiger partial charge is 0.345 e. The first-order chi connectivity index (χ1) is 11.7. The molecule has 136 valence electrons. The number of benzene rings is 1. The van der Waals surface area contributed by atoms with Gasteiger partial charge < -0.3 is 10.0 Å². The molecular weight excluding hydrogens is 360 g/mol. The Morgan fingerprint density at radius 3 is 2.32 bits per heavy atom. The van der Waals surface area contributed by atoms with Crippen LogP contribution in [-0.2, 0) is 16.6 Å². The van der Waals surface area contributed by atoms with Crippen LogP contribution in [0.5, 0.6) is 0 Å². The molecule has 6 nitrogen and oxygen atoms in total. The quantitative estimate of drug-likeness (QED) is 0.759. The molecule has 0 fully saturated rings. The molecule has 0 amide bonds. The van der Waals surface area contributed by atoms with E-state index in [2.05, 4.69) is 0 Å². The molecule has 0 unspecified atom stereocenters. The Morgan fingerprint density at radius 2 is 1.80 bits per heavy atom. The van der Waals surface area contributed by atoms with E-state index in [4.69, 9.17) is 5.11 Å². The van der Waals surface area contributed by atoms with Crippen molar-refractivity contribution >= 4 is 27.3 Å². The van der Waals surface area contributed by atoms with Gasteiger partial charge in [-0.1, -0.05) is 30.3 Å². The fourth-order valence-electron chi connectivity index (χ4n) is 2.35. The lowest BCUT2D eigenvalue weighted by atomic mass is 10.2. The van der Waals surface area contributed by atoms with Gasteiger partial charge in [0.2, 0.25) is 10.0 Å². The van der Waals surface area contributed by atoms with Gasteiger partial charge in [-0.3, -0.25) is 0 Å². The van der Waals surface area contributed by atoms with Crippen LogP contribution in [0, 0.1) is 6.92 Å². The summed E-state index contributed by atoms with van der Waals surface area (Å²) in [6.07, 6.45) is 0. The fraction of sp³-hybridized carbons (Fsp3) is 0.353. The molecule has 1 aromatic heterocycles. The summed E-state index contributed by atoms with van der Waals surface area (Å²) in [6.45, 7) is 2.77. The van der Waals surface area contributed by atoms with Gasteiger partial charge >= 0.3 is 5.97 Å². The highest BCUT2D eigenvalue weighted by atomic mass is 32.2. The van der Waals surface area contributed by atoms with Crippen LogP contribution >= 0.6 is 11.3 Å². The molecule has 8 heteroatoms. The molecule has 25 heavy (non-hydrogen) atoms.